The van der Waals surface area contributed by atoms with E-state index in [1.54, 1.807) is 6.07 Å². The van der Waals surface area contributed by atoms with Crippen LogP contribution in [0.15, 0.2) is 60.7 Å². The summed E-state index contributed by atoms with van der Waals surface area (Å²) in [6.45, 7) is 5.06. The first kappa shape index (κ1) is 18.6. The summed E-state index contributed by atoms with van der Waals surface area (Å²) >= 11 is 0. The Labute approximate surface area is 160 Å². The van der Waals surface area contributed by atoms with Gasteiger partial charge in [0.2, 0.25) is 5.95 Å². The molecule has 0 unspecified atom stereocenters. The Bertz CT molecular complexity index is 925. The highest BCUT2D eigenvalue weighted by atomic mass is 16.1. The van der Waals surface area contributed by atoms with E-state index in [4.69, 9.17) is 0 Å². The summed E-state index contributed by atoms with van der Waals surface area (Å²) in [6, 6.07) is 19.9. The predicted molar refractivity (Wildman–Crippen MR) is 108 cm³/mol. The molecule has 3 rings (SSSR count). The molecule has 3 aromatic rings. The van der Waals surface area contributed by atoms with Crippen molar-refractivity contribution < 1.29 is 4.79 Å². The van der Waals surface area contributed by atoms with Crippen LogP contribution in [-0.4, -0.2) is 22.9 Å². The number of nitrogens with one attached hydrogen (secondary N) is 1. The number of nitrogens with zero attached hydrogens (tertiary/aromatic N) is 3. The van der Waals surface area contributed by atoms with Gasteiger partial charge in [0.15, 0.2) is 0 Å². The number of aromatic nitrogens is 2. The lowest BCUT2D eigenvalue weighted by Crippen LogP contribution is -2.26. The zero-order valence-electron chi connectivity index (χ0n) is 15.9. The molecule has 0 saturated heterocycles. The third kappa shape index (κ3) is 5.14. The van der Waals surface area contributed by atoms with Crippen molar-refractivity contribution in [1.29, 1.82) is 0 Å². The molecule has 0 aliphatic rings. The lowest BCUT2D eigenvalue weighted by atomic mass is 10.1. The van der Waals surface area contributed by atoms with E-state index in [1.165, 1.54) is 5.56 Å². The number of anilines is 1. The normalized spacial score (nSPS) is 10.5. The molecule has 27 heavy (non-hydrogen) atoms. The molecule has 0 radical (unpaired) electrons. The van der Waals surface area contributed by atoms with Crippen molar-refractivity contribution in [3.63, 3.8) is 0 Å². The van der Waals surface area contributed by atoms with E-state index in [9.17, 15) is 4.79 Å². The Morgan fingerprint density at radius 3 is 2.44 bits per heavy atom. The van der Waals surface area contributed by atoms with Gasteiger partial charge < -0.3 is 10.2 Å². The zero-order valence-corrected chi connectivity index (χ0v) is 15.9. The maximum atomic E-state index is 12.6. The van der Waals surface area contributed by atoms with Crippen molar-refractivity contribution in [3.05, 3.63) is 88.7 Å². The fourth-order valence-corrected chi connectivity index (χ4v) is 2.86. The number of hydrogen-bond donors (Lipinski definition) is 1. The van der Waals surface area contributed by atoms with Crippen molar-refractivity contribution in [2.75, 3.05) is 11.9 Å². The number of carbonyl (C=O) groups excluding carboxylic acids is 1. The van der Waals surface area contributed by atoms with Gasteiger partial charge in [-0.1, -0.05) is 60.2 Å². The van der Waals surface area contributed by atoms with Crippen molar-refractivity contribution in [2.45, 2.75) is 26.9 Å². The smallest absolute Gasteiger partial charge is 0.270 e. The summed E-state index contributed by atoms with van der Waals surface area (Å²) in [4.78, 5) is 23.5. The lowest BCUT2D eigenvalue weighted by molar-refractivity contribution is 0.0945. The van der Waals surface area contributed by atoms with Gasteiger partial charge >= 0.3 is 0 Å². The van der Waals surface area contributed by atoms with Gasteiger partial charge in [0.05, 0.1) is 0 Å². The maximum Gasteiger partial charge on any atom is 0.270 e. The molecule has 0 saturated carbocycles. The molecule has 0 bridgehead atoms. The third-order valence-corrected chi connectivity index (χ3v) is 4.21. The van der Waals surface area contributed by atoms with Gasteiger partial charge in [0.25, 0.3) is 5.91 Å². The van der Waals surface area contributed by atoms with Crippen molar-refractivity contribution >= 4 is 11.9 Å². The molecule has 5 heteroatoms. The van der Waals surface area contributed by atoms with E-state index in [-0.39, 0.29) is 5.91 Å². The molecule has 5 nitrogen and oxygen atoms in total. The molecule has 0 spiro atoms. The highest BCUT2D eigenvalue weighted by molar-refractivity contribution is 5.92. The molecule has 2 aromatic carbocycles. The van der Waals surface area contributed by atoms with Gasteiger partial charge in [-0.3, -0.25) is 4.79 Å². The molecule has 0 aliphatic carbocycles. The maximum absolute atomic E-state index is 12.6. The standard InChI is InChI=1S/C22H24N4O/c1-16-8-7-11-19(12-16)14-23-21(27)20-13-17(2)24-22(25-20)26(3)15-18-9-5-4-6-10-18/h4-13H,14-15H2,1-3H3,(H,23,27). The predicted octanol–water partition coefficient (Wildman–Crippen LogP) is 3.66. The second-order valence-corrected chi connectivity index (χ2v) is 6.71. The first-order valence-corrected chi connectivity index (χ1v) is 8.96. The van der Waals surface area contributed by atoms with E-state index in [0.29, 0.717) is 24.7 Å². The van der Waals surface area contributed by atoms with Gasteiger partial charge in [0, 0.05) is 25.8 Å². The number of benzene rings is 2. The van der Waals surface area contributed by atoms with Crippen molar-refractivity contribution in [1.82, 2.24) is 15.3 Å². The topological polar surface area (TPSA) is 58.1 Å². The minimum Gasteiger partial charge on any atom is -0.347 e. The monoisotopic (exact) mass is 360 g/mol. The number of carbonyl (C=O) groups is 1. The van der Waals surface area contributed by atoms with E-state index >= 15 is 0 Å². The van der Waals surface area contributed by atoms with Gasteiger partial charge in [-0.15, -0.1) is 0 Å². The highest BCUT2D eigenvalue weighted by Gasteiger charge is 2.13. The summed E-state index contributed by atoms with van der Waals surface area (Å²) in [5.74, 6) is 0.343. The minimum absolute atomic E-state index is 0.198. The quantitative estimate of drug-likeness (QED) is 0.729. The van der Waals surface area contributed by atoms with E-state index in [0.717, 1.165) is 16.8 Å². The van der Waals surface area contributed by atoms with Crippen LogP contribution in [0.5, 0.6) is 0 Å². The summed E-state index contributed by atoms with van der Waals surface area (Å²) in [7, 11) is 1.93. The molecule has 1 N–H and O–H groups in total. The van der Waals surface area contributed by atoms with Crippen LogP contribution in [0.1, 0.15) is 32.9 Å². The van der Waals surface area contributed by atoms with Crippen LogP contribution in [0, 0.1) is 13.8 Å². The van der Waals surface area contributed by atoms with E-state index in [1.807, 2.05) is 62.2 Å². The average molecular weight is 360 g/mol. The Kier molecular flexibility index (Phi) is 5.81. The Morgan fingerprint density at radius 1 is 0.963 bits per heavy atom. The fraction of sp³-hybridized carbons (Fsp3) is 0.227. The Morgan fingerprint density at radius 2 is 1.70 bits per heavy atom. The number of hydrogen-bond acceptors (Lipinski definition) is 4. The van der Waals surface area contributed by atoms with Gasteiger partial charge in [-0.25, -0.2) is 9.97 Å². The van der Waals surface area contributed by atoms with Crippen molar-refractivity contribution in [2.24, 2.45) is 0 Å². The lowest BCUT2D eigenvalue weighted by Gasteiger charge is -2.18. The van der Waals surface area contributed by atoms with Crippen LogP contribution in [-0.2, 0) is 13.1 Å². The van der Waals surface area contributed by atoms with Crippen LogP contribution in [0.4, 0.5) is 5.95 Å². The van der Waals surface area contributed by atoms with Crippen LogP contribution < -0.4 is 10.2 Å². The van der Waals surface area contributed by atoms with Crippen LogP contribution in [0.3, 0.4) is 0 Å². The van der Waals surface area contributed by atoms with Crippen LogP contribution in [0.2, 0.25) is 0 Å². The molecule has 0 atom stereocenters. The molecular weight excluding hydrogens is 336 g/mol. The summed E-state index contributed by atoms with van der Waals surface area (Å²) in [5, 5.41) is 2.94. The summed E-state index contributed by atoms with van der Waals surface area (Å²) in [5.41, 5.74) is 4.54. The zero-order chi connectivity index (χ0) is 19.2. The third-order valence-electron chi connectivity index (χ3n) is 4.21. The second-order valence-electron chi connectivity index (χ2n) is 6.71. The molecular formula is C22H24N4O. The number of amides is 1. The minimum atomic E-state index is -0.198. The average Bonchev–Trinajstić information content (AvgIpc) is 2.66. The molecule has 1 heterocycles. The molecule has 0 fully saturated rings. The second kappa shape index (κ2) is 8.45. The van der Waals surface area contributed by atoms with E-state index in [2.05, 4.69) is 33.5 Å². The van der Waals surface area contributed by atoms with E-state index < -0.39 is 0 Å². The van der Waals surface area contributed by atoms with Gasteiger partial charge in [-0.05, 0) is 31.0 Å². The van der Waals surface area contributed by atoms with Gasteiger partial charge in [0.1, 0.15) is 5.69 Å². The number of rotatable bonds is 6. The summed E-state index contributed by atoms with van der Waals surface area (Å²) in [6.07, 6.45) is 0. The molecule has 138 valence electrons. The fourth-order valence-electron chi connectivity index (χ4n) is 2.86. The highest BCUT2D eigenvalue weighted by Crippen LogP contribution is 2.13. The molecule has 0 aliphatic heterocycles. The Balaban J connectivity index is 1.71. The Hall–Kier alpha value is -3.21. The molecule has 1 amide bonds. The van der Waals surface area contributed by atoms with Crippen LogP contribution >= 0.6 is 0 Å². The first-order valence-electron chi connectivity index (χ1n) is 8.96. The molecule has 1 aromatic heterocycles. The largest absolute Gasteiger partial charge is 0.347 e. The summed E-state index contributed by atoms with van der Waals surface area (Å²) < 4.78 is 0. The first-order chi connectivity index (χ1) is 13.0. The number of aryl methyl sites for hydroxylation is 2. The van der Waals surface area contributed by atoms with Crippen LogP contribution in [0.25, 0.3) is 0 Å². The SMILES string of the molecule is Cc1cccc(CNC(=O)c2cc(C)nc(N(C)Cc3ccccc3)n2)c1. The van der Waals surface area contributed by atoms with Crippen molar-refractivity contribution in [3.8, 4) is 0 Å². The van der Waals surface area contributed by atoms with Gasteiger partial charge in [-0.2, -0.15) is 0 Å².